The van der Waals surface area contributed by atoms with Crippen LogP contribution in [-0.2, 0) is 13.1 Å². The number of ether oxygens (including phenoxy) is 1. The van der Waals surface area contributed by atoms with E-state index in [4.69, 9.17) is 0 Å². The molecule has 2 aromatic rings. The fraction of sp³-hybridized carbons (Fsp3) is 0.478. The molecule has 7 nitrogen and oxygen atoms in total. The highest BCUT2D eigenvalue weighted by Crippen LogP contribution is 2.20. The van der Waals surface area contributed by atoms with Crippen LogP contribution in [0.4, 0.5) is 14.6 Å². The lowest BCUT2D eigenvalue weighted by atomic mass is 10.2. The fourth-order valence-corrected chi connectivity index (χ4v) is 3.58. The zero-order valence-electron chi connectivity index (χ0n) is 19.1. The molecule has 0 bridgehead atoms. The number of halogens is 3. The number of aliphatic imine (C=N–C) groups is 1. The standard InChI is InChI=1S/C23H32F2N6O.HI/c1-3-26-23(29-17-19-7-5-6-8-20(19)32-22(24)25)28-16-18-9-10-27-21(15-18)31-13-11-30(4-2)12-14-31;/h5-10,15,22H,3-4,11-14,16-17H2,1-2H3,(H2,26,28,29);1H. The van der Waals surface area contributed by atoms with Crippen molar-refractivity contribution < 1.29 is 13.5 Å². The first kappa shape index (κ1) is 27.0. The van der Waals surface area contributed by atoms with Crippen LogP contribution in [-0.4, -0.2) is 61.7 Å². The van der Waals surface area contributed by atoms with Crippen molar-refractivity contribution in [3.05, 3.63) is 53.7 Å². The van der Waals surface area contributed by atoms with Crippen LogP contribution < -0.4 is 20.3 Å². The largest absolute Gasteiger partial charge is 0.434 e. The molecule has 1 aliphatic rings. The second-order valence-corrected chi connectivity index (χ2v) is 7.48. The lowest BCUT2D eigenvalue weighted by Gasteiger charge is -2.34. The third-order valence-electron chi connectivity index (χ3n) is 5.35. The van der Waals surface area contributed by atoms with Crippen LogP contribution in [0, 0.1) is 0 Å². The van der Waals surface area contributed by atoms with E-state index in [-0.39, 0.29) is 29.7 Å². The third-order valence-corrected chi connectivity index (χ3v) is 5.35. The Labute approximate surface area is 211 Å². The zero-order chi connectivity index (χ0) is 22.8. The highest BCUT2D eigenvalue weighted by molar-refractivity contribution is 14.0. The second-order valence-electron chi connectivity index (χ2n) is 7.48. The average Bonchev–Trinajstić information content (AvgIpc) is 2.81. The number of likely N-dealkylation sites (N-methyl/N-ethyl adjacent to an activating group) is 1. The molecule has 1 aromatic carbocycles. The van der Waals surface area contributed by atoms with Gasteiger partial charge in [-0.3, -0.25) is 0 Å². The Bertz CT molecular complexity index is 878. The molecule has 2 N–H and O–H groups in total. The summed E-state index contributed by atoms with van der Waals surface area (Å²) in [5, 5.41) is 6.38. The number of alkyl halides is 2. The summed E-state index contributed by atoms with van der Waals surface area (Å²) >= 11 is 0. The van der Waals surface area contributed by atoms with Crippen LogP contribution in [0.5, 0.6) is 5.75 Å². The molecule has 3 rings (SSSR count). The molecule has 1 saturated heterocycles. The summed E-state index contributed by atoms with van der Waals surface area (Å²) in [5.41, 5.74) is 1.70. The molecule has 0 saturated carbocycles. The first-order chi connectivity index (χ1) is 15.6. The number of hydrogen-bond donors (Lipinski definition) is 2. The second kappa shape index (κ2) is 14.1. The van der Waals surface area contributed by atoms with Gasteiger partial charge in [-0.1, -0.05) is 25.1 Å². The highest BCUT2D eigenvalue weighted by atomic mass is 127. The summed E-state index contributed by atoms with van der Waals surface area (Å²) in [6.07, 6.45) is 1.82. The normalized spacial score (nSPS) is 14.7. The molecule has 0 amide bonds. The van der Waals surface area contributed by atoms with Gasteiger partial charge >= 0.3 is 6.61 Å². The van der Waals surface area contributed by atoms with E-state index in [0.717, 1.165) is 44.1 Å². The molecule has 0 unspecified atom stereocenters. The van der Waals surface area contributed by atoms with Crippen molar-refractivity contribution in [2.45, 2.75) is 33.5 Å². The molecule has 10 heteroatoms. The van der Waals surface area contributed by atoms with E-state index in [9.17, 15) is 8.78 Å². The number of guanidine groups is 1. The van der Waals surface area contributed by atoms with Crippen LogP contribution in [0.2, 0.25) is 0 Å². The summed E-state index contributed by atoms with van der Waals surface area (Å²) in [4.78, 5) is 13.9. The van der Waals surface area contributed by atoms with Crippen molar-refractivity contribution in [3.63, 3.8) is 0 Å². The van der Waals surface area contributed by atoms with Crippen LogP contribution in [0.25, 0.3) is 0 Å². The van der Waals surface area contributed by atoms with Gasteiger partial charge in [-0.2, -0.15) is 8.78 Å². The predicted molar refractivity (Wildman–Crippen MR) is 139 cm³/mol. The maximum absolute atomic E-state index is 12.6. The quantitative estimate of drug-likeness (QED) is 0.271. The van der Waals surface area contributed by atoms with Gasteiger partial charge in [0.05, 0.1) is 6.54 Å². The van der Waals surface area contributed by atoms with Gasteiger partial charge in [-0.25, -0.2) is 9.98 Å². The Morgan fingerprint density at radius 1 is 1.12 bits per heavy atom. The Hall–Kier alpha value is -2.21. The van der Waals surface area contributed by atoms with Crippen molar-refractivity contribution in [1.82, 2.24) is 20.5 Å². The summed E-state index contributed by atoms with van der Waals surface area (Å²) in [6, 6.07) is 10.8. The third kappa shape index (κ3) is 8.58. The minimum absolute atomic E-state index is 0. The van der Waals surface area contributed by atoms with E-state index < -0.39 is 6.61 Å². The molecule has 0 aliphatic carbocycles. The number of nitrogens with zero attached hydrogens (tertiary/aromatic N) is 4. The smallest absolute Gasteiger partial charge is 0.387 e. The molecule has 1 aliphatic heterocycles. The first-order valence-electron chi connectivity index (χ1n) is 11.1. The van der Waals surface area contributed by atoms with Gasteiger partial charge in [0.1, 0.15) is 11.6 Å². The SMILES string of the molecule is CCNC(=NCc1ccnc(N2CCN(CC)CC2)c1)NCc1ccccc1OC(F)F.I. The van der Waals surface area contributed by atoms with Gasteiger partial charge in [-0.05, 0) is 37.2 Å². The molecule has 182 valence electrons. The zero-order valence-corrected chi connectivity index (χ0v) is 21.5. The van der Waals surface area contributed by atoms with Gasteiger partial charge in [0.15, 0.2) is 5.96 Å². The number of pyridine rings is 1. The van der Waals surface area contributed by atoms with Crippen LogP contribution in [0.1, 0.15) is 25.0 Å². The van der Waals surface area contributed by atoms with Crippen LogP contribution >= 0.6 is 24.0 Å². The average molecular weight is 574 g/mol. The molecule has 0 spiro atoms. The molecule has 1 aromatic heterocycles. The first-order valence-corrected chi connectivity index (χ1v) is 11.1. The number of piperazine rings is 1. The molecular weight excluding hydrogens is 541 g/mol. The Morgan fingerprint density at radius 3 is 2.58 bits per heavy atom. The van der Waals surface area contributed by atoms with Crippen molar-refractivity contribution in [3.8, 4) is 5.75 Å². The summed E-state index contributed by atoms with van der Waals surface area (Å²) in [6.45, 7) is 7.90. The predicted octanol–water partition coefficient (Wildman–Crippen LogP) is 3.70. The molecule has 0 radical (unpaired) electrons. The van der Waals surface area contributed by atoms with Crippen molar-refractivity contribution >= 4 is 35.8 Å². The lowest BCUT2D eigenvalue weighted by Crippen LogP contribution is -2.46. The van der Waals surface area contributed by atoms with E-state index in [2.05, 4.69) is 48.1 Å². The topological polar surface area (TPSA) is 65.0 Å². The van der Waals surface area contributed by atoms with Crippen LogP contribution in [0.15, 0.2) is 47.6 Å². The number of anilines is 1. The number of rotatable bonds is 9. The van der Waals surface area contributed by atoms with Crippen molar-refractivity contribution in [2.75, 3.05) is 44.2 Å². The minimum Gasteiger partial charge on any atom is -0.434 e. The summed E-state index contributed by atoms with van der Waals surface area (Å²) in [5.74, 6) is 1.74. The van der Waals surface area contributed by atoms with Gasteiger partial charge in [-0.15, -0.1) is 24.0 Å². The molecular formula is C23H33F2IN6O. The maximum Gasteiger partial charge on any atom is 0.387 e. The number of benzene rings is 1. The summed E-state index contributed by atoms with van der Waals surface area (Å²) in [7, 11) is 0. The summed E-state index contributed by atoms with van der Waals surface area (Å²) < 4.78 is 29.9. The fourth-order valence-electron chi connectivity index (χ4n) is 3.58. The number of nitrogens with one attached hydrogen (secondary N) is 2. The Balaban J connectivity index is 0.00000385. The lowest BCUT2D eigenvalue weighted by molar-refractivity contribution is -0.0504. The number of aromatic nitrogens is 1. The Morgan fingerprint density at radius 2 is 1.88 bits per heavy atom. The van der Waals surface area contributed by atoms with Gasteiger partial charge < -0.3 is 25.2 Å². The van der Waals surface area contributed by atoms with Gasteiger partial charge in [0.2, 0.25) is 0 Å². The van der Waals surface area contributed by atoms with Gasteiger partial charge in [0.25, 0.3) is 0 Å². The number of para-hydroxylation sites is 1. The highest BCUT2D eigenvalue weighted by Gasteiger charge is 2.17. The van der Waals surface area contributed by atoms with Gasteiger partial charge in [0, 0.05) is 51.0 Å². The van der Waals surface area contributed by atoms with E-state index in [1.807, 2.05) is 19.2 Å². The molecule has 1 fully saturated rings. The minimum atomic E-state index is -2.86. The molecule has 0 atom stereocenters. The van der Waals surface area contributed by atoms with Crippen molar-refractivity contribution in [1.29, 1.82) is 0 Å². The molecule has 2 heterocycles. The van der Waals surface area contributed by atoms with E-state index in [1.165, 1.54) is 6.07 Å². The monoisotopic (exact) mass is 574 g/mol. The van der Waals surface area contributed by atoms with E-state index in [0.29, 0.717) is 31.2 Å². The maximum atomic E-state index is 12.6. The van der Waals surface area contributed by atoms with Crippen molar-refractivity contribution in [2.24, 2.45) is 4.99 Å². The van der Waals surface area contributed by atoms with Crippen LogP contribution in [0.3, 0.4) is 0 Å². The Kier molecular flexibility index (Phi) is 11.6. The van der Waals surface area contributed by atoms with E-state index in [1.54, 1.807) is 18.2 Å². The molecule has 33 heavy (non-hydrogen) atoms. The number of hydrogen-bond acceptors (Lipinski definition) is 5. The van der Waals surface area contributed by atoms with E-state index >= 15 is 0 Å².